The molecule has 0 aliphatic heterocycles. The van der Waals surface area contributed by atoms with Crippen molar-refractivity contribution in [1.29, 1.82) is 0 Å². The number of rotatable bonds is 10. The van der Waals surface area contributed by atoms with E-state index in [1.54, 1.807) is 0 Å². The minimum absolute atomic E-state index is 0.0682. The Balaban J connectivity index is 5.04. The van der Waals surface area contributed by atoms with Crippen LogP contribution in [0.3, 0.4) is 0 Å². The van der Waals surface area contributed by atoms with E-state index in [9.17, 15) is 19.2 Å². The number of hydrogen-bond donors (Lipinski definition) is 4. The Bertz CT molecular complexity index is 345. The second kappa shape index (κ2) is 7.31. The predicted molar refractivity (Wildman–Crippen MR) is 62.6 cm³/mol. The molecule has 108 valence electrons. The zero-order chi connectivity index (χ0) is 15.1. The van der Waals surface area contributed by atoms with E-state index in [0.717, 1.165) is 0 Å². The second-order valence-electron chi connectivity index (χ2n) is 4.33. The van der Waals surface area contributed by atoms with E-state index in [4.69, 9.17) is 21.7 Å². The summed E-state index contributed by atoms with van der Waals surface area (Å²) in [6.45, 7) is -1.18. The van der Waals surface area contributed by atoms with Crippen molar-refractivity contribution in [3.05, 3.63) is 0 Å². The molecule has 0 aliphatic carbocycles. The summed E-state index contributed by atoms with van der Waals surface area (Å²) in [6.07, 6.45) is -0.335. The van der Waals surface area contributed by atoms with Crippen molar-refractivity contribution >= 4 is 23.8 Å². The van der Waals surface area contributed by atoms with Gasteiger partial charge in [-0.15, -0.1) is 0 Å². The molecular formula is C10H18N3O6+. The lowest BCUT2D eigenvalue weighted by Gasteiger charge is -2.35. The second-order valence-corrected chi connectivity index (χ2v) is 4.33. The SMILES string of the molecule is NC(=O)CC[N+](CCC(N)=O)(CC(=O)O)CC(=O)O. The Hall–Kier alpha value is -2.16. The van der Waals surface area contributed by atoms with Gasteiger partial charge >= 0.3 is 11.9 Å². The number of nitrogens with zero attached hydrogens (tertiary/aromatic N) is 1. The first-order valence-electron chi connectivity index (χ1n) is 5.52. The molecule has 0 atom stereocenters. The maximum atomic E-state index is 10.8. The molecule has 0 aromatic rings. The fourth-order valence-corrected chi connectivity index (χ4v) is 1.75. The number of hydrogen-bond acceptors (Lipinski definition) is 4. The van der Waals surface area contributed by atoms with Gasteiger partial charge in [0.05, 0.1) is 25.9 Å². The average Bonchev–Trinajstić information content (AvgIpc) is 2.22. The van der Waals surface area contributed by atoms with Crippen LogP contribution in [0.2, 0.25) is 0 Å². The van der Waals surface area contributed by atoms with Crippen LogP contribution in [0.5, 0.6) is 0 Å². The molecule has 0 fully saturated rings. The number of carboxylic acids is 2. The van der Waals surface area contributed by atoms with E-state index in [1.165, 1.54) is 0 Å². The first-order valence-corrected chi connectivity index (χ1v) is 5.52. The molecule has 6 N–H and O–H groups in total. The number of aliphatic carboxylic acids is 2. The highest BCUT2D eigenvalue weighted by Crippen LogP contribution is 2.10. The van der Waals surface area contributed by atoms with Crippen molar-refractivity contribution in [2.45, 2.75) is 12.8 Å². The Morgan fingerprint density at radius 1 is 0.789 bits per heavy atom. The van der Waals surface area contributed by atoms with E-state index in [1.807, 2.05) is 0 Å². The van der Waals surface area contributed by atoms with Crippen LogP contribution in [0.4, 0.5) is 0 Å². The van der Waals surface area contributed by atoms with Gasteiger partial charge in [0.2, 0.25) is 11.8 Å². The monoisotopic (exact) mass is 276 g/mol. The lowest BCUT2D eigenvalue weighted by molar-refractivity contribution is -0.913. The molecule has 0 rings (SSSR count). The first kappa shape index (κ1) is 16.8. The lowest BCUT2D eigenvalue weighted by Crippen LogP contribution is -2.56. The number of carboxylic acid groups (broad SMARTS) is 2. The van der Waals surface area contributed by atoms with Gasteiger partial charge in [0.25, 0.3) is 0 Å². The maximum absolute atomic E-state index is 10.8. The van der Waals surface area contributed by atoms with Crippen molar-refractivity contribution in [1.82, 2.24) is 0 Å². The summed E-state index contributed by atoms with van der Waals surface area (Å²) in [6, 6.07) is 0. The van der Waals surface area contributed by atoms with Crippen molar-refractivity contribution in [3.63, 3.8) is 0 Å². The number of amides is 2. The van der Waals surface area contributed by atoms with Crippen molar-refractivity contribution in [2.75, 3.05) is 26.2 Å². The van der Waals surface area contributed by atoms with Crippen LogP contribution in [0.15, 0.2) is 0 Å². The first-order chi connectivity index (χ1) is 8.67. The summed E-state index contributed by atoms with van der Waals surface area (Å²) in [7, 11) is 0. The summed E-state index contributed by atoms with van der Waals surface area (Å²) in [4.78, 5) is 43.3. The molecule has 0 radical (unpaired) electrons. The highest BCUT2D eigenvalue weighted by atomic mass is 16.4. The van der Waals surface area contributed by atoms with Crippen LogP contribution in [-0.4, -0.2) is 64.6 Å². The molecule has 0 spiro atoms. The molecular weight excluding hydrogens is 258 g/mol. The van der Waals surface area contributed by atoms with Gasteiger partial charge in [0.1, 0.15) is 0 Å². The number of nitrogens with two attached hydrogens (primary N) is 2. The van der Waals surface area contributed by atoms with Crippen molar-refractivity contribution in [2.24, 2.45) is 11.5 Å². The summed E-state index contributed by atoms with van der Waals surface area (Å²) in [5, 5.41) is 17.7. The van der Waals surface area contributed by atoms with Gasteiger partial charge in [-0.1, -0.05) is 0 Å². The Kier molecular flexibility index (Phi) is 6.48. The van der Waals surface area contributed by atoms with Crippen LogP contribution in [-0.2, 0) is 19.2 Å². The van der Waals surface area contributed by atoms with Crippen molar-refractivity contribution < 1.29 is 33.9 Å². The van der Waals surface area contributed by atoms with Gasteiger partial charge in [-0.05, 0) is 0 Å². The summed E-state index contributed by atoms with van der Waals surface area (Å²) in [5.74, 6) is -3.79. The third-order valence-corrected chi connectivity index (χ3v) is 2.61. The third-order valence-electron chi connectivity index (χ3n) is 2.61. The maximum Gasteiger partial charge on any atom is 0.359 e. The summed E-state index contributed by atoms with van der Waals surface area (Å²) in [5.41, 5.74) is 9.96. The molecule has 9 nitrogen and oxygen atoms in total. The normalized spacial score (nSPS) is 10.9. The van der Waals surface area contributed by atoms with Crippen LogP contribution in [0.1, 0.15) is 12.8 Å². The number of carbonyl (C=O) groups is 4. The van der Waals surface area contributed by atoms with Gasteiger partial charge in [-0.2, -0.15) is 0 Å². The van der Waals surface area contributed by atoms with Gasteiger partial charge in [-0.25, -0.2) is 9.59 Å². The molecule has 2 amide bonds. The summed E-state index contributed by atoms with van der Waals surface area (Å²) < 4.78 is -0.448. The molecule has 0 heterocycles. The van der Waals surface area contributed by atoms with E-state index in [2.05, 4.69) is 0 Å². The minimum atomic E-state index is -1.23. The van der Waals surface area contributed by atoms with Gasteiger partial charge < -0.3 is 26.2 Å². The quantitative estimate of drug-likeness (QED) is 0.329. The fraction of sp³-hybridized carbons (Fsp3) is 0.600. The lowest BCUT2D eigenvalue weighted by atomic mass is 10.2. The van der Waals surface area contributed by atoms with Crippen LogP contribution >= 0.6 is 0 Å². The molecule has 0 bridgehead atoms. The molecule has 9 heteroatoms. The molecule has 19 heavy (non-hydrogen) atoms. The van der Waals surface area contributed by atoms with Gasteiger partial charge in [-0.3, -0.25) is 9.59 Å². The van der Waals surface area contributed by atoms with E-state index < -0.39 is 41.3 Å². The van der Waals surface area contributed by atoms with Crippen LogP contribution < -0.4 is 11.5 Å². The van der Waals surface area contributed by atoms with Crippen LogP contribution in [0, 0.1) is 0 Å². The zero-order valence-corrected chi connectivity index (χ0v) is 10.4. The molecule has 0 aliphatic rings. The summed E-state index contributed by atoms with van der Waals surface area (Å²) >= 11 is 0. The highest BCUT2D eigenvalue weighted by molar-refractivity contribution is 5.75. The molecule has 0 aromatic heterocycles. The number of primary amides is 2. The molecule has 0 saturated carbocycles. The average molecular weight is 276 g/mol. The minimum Gasteiger partial charge on any atom is -0.477 e. The van der Waals surface area contributed by atoms with E-state index >= 15 is 0 Å². The Labute approximate surface area is 109 Å². The zero-order valence-electron chi connectivity index (χ0n) is 10.4. The van der Waals surface area contributed by atoms with E-state index in [-0.39, 0.29) is 25.9 Å². The molecule has 0 unspecified atom stereocenters. The number of quaternary nitrogens is 1. The smallest absolute Gasteiger partial charge is 0.359 e. The topological polar surface area (TPSA) is 161 Å². The Morgan fingerprint density at radius 2 is 1.11 bits per heavy atom. The number of carbonyl (C=O) groups excluding carboxylic acids is 2. The Morgan fingerprint density at radius 3 is 1.32 bits per heavy atom. The van der Waals surface area contributed by atoms with Gasteiger partial charge in [0.15, 0.2) is 13.1 Å². The fourth-order valence-electron chi connectivity index (χ4n) is 1.75. The van der Waals surface area contributed by atoms with E-state index in [0.29, 0.717) is 0 Å². The molecule has 0 saturated heterocycles. The molecule has 0 aromatic carbocycles. The van der Waals surface area contributed by atoms with Crippen LogP contribution in [0.25, 0.3) is 0 Å². The largest absolute Gasteiger partial charge is 0.477 e. The third kappa shape index (κ3) is 7.71. The van der Waals surface area contributed by atoms with Crippen molar-refractivity contribution in [3.8, 4) is 0 Å². The highest BCUT2D eigenvalue weighted by Gasteiger charge is 2.33. The van der Waals surface area contributed by atoms with Gasteiger partial charge in [0, 0.05) is 0 Å². The standard InChI is InChI=1S/C10H17N3O6/c11-7(14)1-3-13(5-9(16)17,6-10(18)19)4-2-8(12)15/h1-6H2,(H5-,11,12,14,15,16,17,18,19)/p+1. The predicted octanol–water partition coefficient (Wildman–Crippen LogP) is -2.28.